The van der Waals surface area contributed by atoms with E-state index >= 15 is 0 Å². The van der Waals surface area contributed by atoms with E-state index in [0.717, 1.165) is 56.9 Å². The van der Waals surface area contributed by atoms with Crippen LogP contribution in [0.4, 0.5) is 0 Å². The minimum atomic E-state index is -0.711. The summed E-state index contributed by atoms with van der Waals surface area (Å²) >= 11 is 0. The van der Waals surface area contributed by atoms with Gasteiger partial charge in [0.15, 0.2) is 17.4 Å². The van der Waals surface area contributed by atoms with Crippen molar-refractivity contribution in [2.75, 3.05) is 33.0 Å². The van der Waals surface area contributed by atoms with Gasteiger partial charge in [-0.25, -0.2) is 4.98 Å². The van der Waals surface area contributed by atoms with Crippen molar-refractivity contribution in [2.45, 2.75) is 75.6 Å². The number of aliphatic hydroxyl groups is 1. The average molecular weight is 486 g/mol. The molecule has 35 heavy (non-hydrogen) atoms. The van der Waals surface area contributed by atoms with Crippen LogP contribution in [-0.2, 0) is 31.0 Å². The molecule has 190 valence electrons. The van der Waals surface area contributed by atoms with E-state index in [1.165, 1.54) is 6.21 Å². The van der Waals surface area contributed by atoms with Gasteiger partial charge in [-0.1, -0.05) is 6.42 Å². The maximum atomic E-state index is 13.1. The largest absolute Gasteiger partial charge is 0.504 e. The van der Waals surface area contributed by atoms with Crippen molar-refractivity contribution in [3.63, 3.8) is 0 Å². The molecule has 9 nitrogen and oxygen atoms in total. The van der Waals surface area contributed by atoms with E-state index < -0.39 is 16.6 Å². The molecule has 1 aromatic rings. The zero-order valence-electron chi connectivity index (χ0n) is 20.2. The number of fused-ring (bicyclic) bond motifs is 3. The molecule has 3 N–H and O–H groups in total. The Morgan fingerprint density at radius 2 is 1.80 bits per heavy atom. The van der Waals surface area contributed by atoms with Crippen LogP contribution in [0.5, 0.6) is 0 Å². The fraction of sp³-hybridized carbons (Fsp3) is 0.731. The molecule has 5 aliphatic rings. The zero-order valence-corrected chi connectivity index (χ0v) is 20.2. The number of rotatable bonds is 2. The number of ether oxygens (including phenoxy) is 4. The van der Waals surface area contributed by atoms with Crippen LogP contribution in [0.3, 0.4) is 0 Å². The molecule has 4 fully saturated rings. The van der Waals surface area contributed by atoms with Crippen molar-refractivity contribution in [1.82, 2.24) is 9.97 Å². The number of H-pyrrole nitrogens is 1. The first-order chi connectivity index (χ1) is 17.0. The van der Waals surface area contributed by atoms with Gasteiger partial charge in [0.1, 0.15) is 0 Å². The predicted molar refractivity (Wildman–Crippen MR) is 127 cm³/mol. The molecule has 4 heterocycles. The normalized spacial score (nSPS) is 35.8. The molecule has 3 aliphatic heterocycles. The van der Waals surface area contributed by atoms with Gasteiger partial charge >= 0.3 is 0 Å². The van der Waals surface area contributed by atoms with E-state index in [9.17, 15) is 9.90 Å². The molecular formula is C26H35N3O6. The van der Waals surface area contributed by atoms with Crippen LogP contribution in [0.25, 0.3) is 5.76 Å². The fourth-order valence-electron chi connectivity index (χ4n) is 7.50. The van der Waals surface area contributed by atoms with E-state index in [1.54, 1.807) is 0 Å². The quantitative estimate of drug-likeness (QED) is 0.433. The fourth-order valence-corrected chi connectivity index (χ4v) is 7.50. The number of aliphatic hydroxyl groups excluding tert-OH is 1. The van der Waals surface area contributed by atoms with Gasteiger partial charge in [0.25, 0.3) is 5.56 Å². The van der Waals surface area contributed by atoms with Gasteiger partial charge in [0, 0.05) is 30.6 Å². The number of aromatic amines is 1. The molecule has 6 rings (SSSR count). The minimum absolute atomic E-state index is 0.0189. The Kier molecular flexibility index (Phi) is 5.86. The number of allylic oxidation sites excluding steroid dienone is 1. The maximum absolute atomic E-state index is 13.1. The lowest BCUT2D eigenvalue weighted by Gasteiger charge is -2.55. The summed E-state index contributed by atoms with van der Waals surface area (Å²) in [6, 6.07) is 0. The summed E-state index contributed by atoms with van der Waals surface area (Å²) < 4.78 is 24.1. The van der Waals surface area contributed by atoms with E-state index in [4.69, 9.17) is 29.3 Å². The summed E-state index contributed by atoms with van der Waals surface area (Å²) in [4.78, 5) is 20.8. The third-order valence-corrected chi connectivity index (χ3v) is 9.09. The van der Waals surface area contributed by atoms with Crippen LogP contribution < -0.4 is 5.56 Å². The smallest absolute Gasteiger partial charge is 0.257 e. The lowest BCUT2D eigenvalue weighted by Crippen LogP contribution is -2.57. The molecule has 0 radical (unpaired) electrons. The lowest BCUT2D eigenvalue weighted by molar-refractivity contribution is -0.268. The van der Waals surface area contributed by atoms with Crippen molar-refractivity contribution < 1.29 is 24.1 Å². The molecule has 0 amide bonds. The van der Waals surface area contributed by atoms with E-state index in [-0.39, 0.29) is 29.7 Å². The summed E-state index contributed by atoms with van der Waals surface area (Å²) in [6.07, 6.45) is 9.31. The van der Waals surface area contributed by atoms with Crippen LogP contribution in [0.15, 0.2) is 10.4 Å². The van der Waals surface area contributed by atoms with Gasteiger partial charge in [-0.15, -0.1) is 0 Å². The molecule has 2 saturated heterocycles. The van der Waals surface area contributed by atoms with E-state index in [0.29, 0.717) is 50.7 Å². The van der Waals surface area contributed by atoms with Crippen LogP contribution >= 0.6 is 0 Å². The van der Waals surface area contributed by atoms with Crippen molar-refractivity contribution >= 4 is 12.0 Å². The van der Waals surface area contributed by atoms with Crippen LogP contribution in [0.2, 0.25) is 0 Å². The third-order valence-electron chi connectivity index (χ3n) is 9.09. The van der Waals surface area contributed by atoms with Gasteiger partial charge in [-0.3, -0.25) is 4.79 Å². The van der Waals surface area contributed by atoms with Gasteiger partial charge in [-0.05, 0) is 50.5 Å². The van der Waals surface area contributed by atoms with Crippen molar-refractivity contribution in [3.05, 3.63) is 33.0 Å². The standard InChI is InChI=1S/C26H35N3O6/c27-13-19-17(5-3-8-25(19)7-1-2-9-26(25)34-11-12-35-26)20(30)22-28-21-18(23(31)29-22)14-33-16-24(21)6-4-10-32-15-24/h13,19,27,30H,1-12,14-16H2,(H,28,29,31)/b20-17-,27-13?/t19-,24-,25+/m1/s1. The number of aromatic nitrogens is 2. The molecule has 0 bridgehead atoms. The van der Waals surface area contributed by atoms with Gasteiger partial charge in [-0.2, -0.15) is 0 Å². The lowest BCUT2D eigenvalue weighted by atomic mass is 9.55. The summed E-state index contributed by atoms with van der Waals surface area (Å²) in [5.74, 6) is -0.893. The highest BCUT2D eigenvalue weighted by Gasteiger charge is 2.61. The van der Waals surface area contributed by atoms with Crippen LogP contribution in [-0.4, -0.2) is 60.1 Å². The highest BCUT2D eigenvalue weighted by molar-refractivity contribution is 5.71. The number of nitrogens with one attached hydrogen (secondary N) is 2. The minimum Gasteiger partial charge on any atom is -0.504 e. The average Bonchev–Trinajstić information content (AvgIpc) is 3.36. The van der Waals surface area contributed by atoms with Crippen molar-refractivity contribution in [3.8, 4) is 0 Å². The highest BCUT2D eigenvalue weighted by atomic mass is 16.7. The molecule has 9 heteroatoms. The molecule has 2 saturated carbocycles. The Morgan fingerprint density at radius 3 is 2.57 bits per heavy atom. The first-order valence-corrected chi connectivity index (χ1v) is 13.0. The monoisotopic (exact) mass is 485 g/mol. The Balaban J connectivity index is 1.45. The maximum Gasteiger partial charge on any atom is 0.257 e. The first-order valence-electron chi connectivity index (χ1n) is 13.0. The van der Waals surface area contributed by atoms with Gasteiger partial charge in [0.05, 0.1) is 49.7 Å². The third kappa shape index (κ3) is 3.46. The van der Waals surface area contributed by atoms with Crippen molar-refractivity contribution in [2.24, 2.45) is 11.3 Å². The van der Waals surface area contributed by atoms with Crippen molar-refractivity contribution in [1.29, 1.82) is 5.41 Å². The Labute approximate surface area is 204 Å². The first kappa shape index (κ1) is 23.3. The summed E-state index contributed by atoms with van der Waals surface area (Å²) in [5.41, 5.74) is 0.805. The Hall–Kier alpha value is -2.07. The SMILES string of the molecule is N=C[C@@H]1/C(=C(\O)c2nc3c(c(=O)[nH]2)COC[C@]32CCCOC2)CCC[C@@]12CCCCC21OCCO1. The molecule has 2 aliphatic carbocycles. The molecule has 1 aromatic heterocycles. The molecule has 0 unspecified atom stereocenters. The second-order valence-corrected chi connectivity index (χ2v) is 10.9. The molecule has 0 aromatic carbocycles. The second-order valence-electron chi connectivity index (χ2n) is 10.9. The van der Waals surface area contributed by atoms with Gasteiger partial charge < -0.3 is 34.4 Å². The predicted octanol–water partition coefficient (Wildman–Crippen LogP) is 3.37. The molecular weight excluding hydrogens is 450 g/mol. The number of hydrogen-bond acceptors (Lipinski definition) is 8. The van der Waals surface area contributed by atoms with E-state index in [1.807, 2.05) is 0 Å². The zero-order chi connectivity index (χ0) is 24.1. The van der Waals surface area contributed by atoms with Gasteiger partial charge in [0.2, 0.25) is 0 Å². The Morgan fingerprint density at radius 1 is 1.03 bits per heavy atom. The van der Waals surface area contributed by atoms with Crippen LogP contribution in [0, 0.1) is 16.7 Å². The summed E-state index contributed by atoms with van der Waals surface area (Å²) in [6.45, 7) is 2.93. The molecule has 3 atom stereocenters. The summed E-state index contributed by atoms with van der Waals surface area (Å²) in [5, 5.41) is 20.0. The van der Waals surface area contributed by atoms with Crippen LogP contribution in [0.1, 0.15) is 74.9 Å². The number of nitrogens with zero attached hydrogens (tertiary/aromatic N) is 1. The Bertz CT molecular complexity index is 1080. The molecule has 3 spiro atoms. The number of hydrogen-bond donors (Lipinski definition) is 3. The second kappa shape index (κ2) is 8.80. The highest BCUT2D eigenvalue weighted by Crippen LogP contribution is 2.60. The summed E-state index contributed by atoms with van der Waals surface area (Å²) in [7, 11) is 0. The topological polar surface area (TPSA) is 127 Å². The van der Waals surface area contributed by atoms with E-state index in [2.05, 4.69) is 4.98 Å².